The number of nitrogens with two attached hydrogens (primary N) is 1. The van der Waals surface area contributed by atoms with Gasteiger partial charge in [-0.05, 0) is 6.07 Å². The Labute approximate surface area is 88.4 Å². The SMILES string of the molecule is NC(=O)CNC1CCOc2ccccc21. The van der Waals surface area contributed by atoms with E-state index < -0.39 is 0 Å². The Hall–Kier alpha value is -1.55. The number of hydrogen-bond acceptors (Lipinski definition) is 3. The van der Waals surface area contributed by atoms with E-state index in [1.807, 2.05) is 24.3 Å². The van der Waals surface area contributed by atoms with E-state index in [4.69, 9.17) is 10.5 Å². The first kappa shape index (κ1) is 9.98. The Morgan fingerprint density at radius 2 is 2.33 bits per heavy atom. The Kier molecular flexibility index (Phi) is 2.87. The van der Waals surface area contributed by atoms with Gasteiger partial charge in [0.25, 0.3) is 0 Å². The molecule has 0 fully saturated rings. The summed E-state index contributed by atoms with van der Waals surface area (Å²) in [6.07, 6.45) is 0.865. The van der Waals surface area contributed by atoms with Crippen molar-refractivity contribution in [2.75, 3.05) is 13.2 Å². The molecule has 0 spiro atoms. The molecule has 4 nitrogen and oxygen atoms in total. The van der Waals surface area contributed by atoms with Gasteiger partial charge in [0.05, 0.1) is 13.2 Å². The van der Waals surface area contributed by atoms with Gasteiger partial charge in [-0.15, -0.1) is 0 Å². The second-order valence-electron chi connectivity index (χ2n) is 3.57. The third kappa shape index (κ3) is 2.27. The average Bonchev–Trinajstić information content (AvgIpc) is 2.26. The molecular formula is C11H14N2O2. The molecule has 0 bridgehead atoms. The lowest BCUT2D eigenvalue weighted by atomic mass is 10.0. The number of ether oxygens (including phenoxy) is 1. The molecule has 3 N–H and O–H groups in total. The fourth-order valence-corrected chi connectivity index (χ4v) is 1.78. The Morgan fingerprint density at radius 3 is 3.13 bits per heavy atom. The van der Waals surface area contributed by atoms with Crippen molar-refractivity contribution in [3.05, 3.63) is 29.8 Å². The van der Waals surface area contributed by atoms with Crippen LogP contribution in [0.1, 0.15) is 18.0 Å². The summed E-state index contributed by atoms with van der Waals surface area (Å²) < 4.78 is 5.50. The van der Waals surface area contributed by atoms with Gasteiger partial charge in [-0.1, -0.05) is 18.2 Å². The molecule has 1 heterocycles. The summed E-state index contributed by atoms with van der Waals surface area (Å²) in [5.74, 6) is 0.560. The first-order valence-corrected chi connectivity index (χ1v) is 5.01. The molecule has 0 radical (unpaired) electrons. The maximum atomic E-state index is 10.7. The fourth-order valence-electron chi connectivity index (χ4n) is 1.78. The van der Waals surface area contributed by atoms with Crippen molar-refractivity contribution in [3.8, 4) is 5.75 Å². The van der Waals surface area contributed by atoms with E-state index in [0.29, 0.717) is 6.61 Å². The first-order chi connectivity index (χ1) is 7.27. The van der Waals surface area contributed by atoms with Gasteiger partial charge in [-0.25, -0.2) is 0 Å². The van der Waals surface area contributed by atoms with E-state index in [-0.39, 0.29) is 18.5 Å². The van der Waals surface area contributed by atoms with Crippen LogP contribution in [0.5, 0.6) is 5.75 Å². The van der Waals surface area contributed by atoms with E-state index in [2.05, 4.69) is 5.32 Å². The van der Waals surface area contributed by atoms with Crippen LogP contribution in [0, 0.1) is 0 Å². The van der Waals surface area contributed by atoms with Gasteiger partial charge >= 0.3 is 0 Å². The van der Waals surface area contributed by atoms with Crippen molar-refractivity contribution in [2.24, 2.45) is 5.73 Å². The number of amides is 1. The standard InChI is InChI=1S/C11H14N2O2/c12-11(14)7-13-9-5-6-15-10-4-2-1-3-8(9)10/h1-4,9,13H,5-7H2,(H2,12,14). The average molecular weight is 206 g/mol. The zero-order valence-corrected chi connectivity index (χ0v) is 8.40. The molecule has 80 valence electrons. The lowest BCUT2D eigenvalue weighted by Gasteiger charge is -2.26. The maximum absolute atomic E-state index is 10.7. The summed E-state index contributed by atoms with van der Waals surface area (Å²) in [5, 5.41) is 3.12. The van der Waals surface area contributed by atoms with E-state index in [9.17, 15) is 4.79 Å². The summed E-state index contributed by atoms with van der Waals surface area (Å²) in [6.45, 7) is 0.881. The van der Waals surface area contributed by atoms with Gasteiger partial charge in [0.15, 0.2) is 0 Å². The van der Waals surface area contributed by atoms with E-state index >= 15 is 0 Å². The van der Waals surface area contributed by atoms with Crippen molar-refractivity contribution in [3.63, 3.8) is 0 Å². The van der Waals surface area contributed by atoms with Crippen LogP contribution < -0.4 is 15.8 Å². The van der Waals surface area contributed by atoms with Crippen LogP contribution in [0.2, 0.25) is 0 Å². The minimum absolute atomic E-state index is 0.169. The van der Waals surface area contributed by atoms with Crippen molar-refractivity contribution < 1.29 is 9.53 Å². The molecule has 4 heteroatoms. The van der Waals surface area contributed by atoms with Crippen molar-refractivity contribution in [1.82, 2.24) is 5.32 Å². The van der Waals surface area contributed by atoms with E-state index in [1.54, 1.807) is 0 Å². The smallest absolute Gasteiger partial charge is 0.231 e. The van der Waals surface area contributed by atoms with Crippen LogP contribution in [0.15, 0.2) is 24.3 Å². The van der Waals surface area contributed by atoms with Crippen LogP contribution in [0.3, 0.4) is 0 Å². The van der Waals surface area contributed by atoms with Crippen molar-refractivity contribution in [1.29, 1.82) is 0 Å². The minimum Gasteiger partial charge on any atom is -0.493 e. The van der Waals surface area contributed by atoms with Gasteiger partial charge in [-0.3, -0.25) is 4.79 Å². The highest BCUT2D eigenvalue weighted by molar-refractivity contribution is 5.75. The molecule has 1 aromatic carbocycles. The largest absolute Gasteiger partial charge is 0.493 e. The quantitative estimate of drug-likeness (QED) is 0.760. The normalized spacial score (nSPS) is 19.1. The predicted molar refractivity (Wildman–Crippen MR) is 56.5 cm³/mol. The zero-order valence-electron chi connectivity index (χ0n) is 8.40. The number of carbonyl (C=O) groups is 1. The van der Waals surface area contributed by atoms with Crippen molar-refractivity contribution >= 4 is 5.91 Å². The predicted octanol–water partition coefficient (Wildman–Crippen LogP) is 0.585. The van der Waals surface area contributed by atoms with E-state index in [0.717, 1.165) is 17.7 Å². The molecule has 2 rings (SSSR count). The van der Waals surface area contributed by atoms with Crippen LogP contribution in [0.4, 0.5) is 0 Å². The molecule has 1 aliphatic heterocycles. The second-order valence-corrected chi connectivity index (χ2v) is 3.57. The topological polar surface area (TPSA) is 64.4 Å². The highest BCUT2D eigenvalue weighted by Crippen LogP contribution is 2.31. The number of nitrogens with one attached hydrogen (secondary N) is 1. The Bertz CT molecular complexity index is 365. The molecule has 1 aliphatic rings. The monoisotopic (exact) mass is 206 g/mol. The van der Waals surface area contributed by atoms with Crippen LogP contribution in [0.25, 0.3) is 0 Å². The molecule has 15 heavy (non-hydrogen) atoms. The summed E-state index contributed by atoms with van der Waals surface area (Å²) in [6, 6.07) is 8.02. The molecule has 0 saturated heterocycles. The number of rotatable bonds is 3. The van der Waals surface area contributed by atoms with Gasteiger partial charge in [0.1, 0.15) is 5.75 Å². The highest BCUT2D eigenvalue weighted by atomic mass is 16.5. The second kappa shape index (κ2) is 4.31. The minimum atomic E-state index is -0.334. The van der Waals surface area contributed by atoms with Gasteiger partial charge in [0, 0.05) is 18.0 Å². The molecule has 0 aliphatic carbocycles. The van der Waals surface area contributed by atoms with Crippen molar-refractivity contribution in [2.45, 2.75) is 12.5 Å². The molecule has 1 unspecified atom stereocenters. The highest BCUT2D eigenvalue weighted by Gasteiger charge is 2.20. The lowest BCUT2D eigenvalue weighted by Crippen LogP contribution is -2.34. The summed E-state index contributed by atoms with van der Waals surface area (Å²) in [4.78, 5) is 10.7. The molecule has 0 aromatic heterocycles. The summed E-state index contributed by atoms with van der Waals surface area (Å²) in [7, 11) is 0. The summed E-state index contributed by atoms with van der Waals surface area (Å²) in [5.41, 5.74) is 6.20. The molecule has 1 atom stereocenters. The van der Waals surface area contributed by atoms with Gasteiger partial charge in [0.2, 0.25) is 5.91 Å². The van der Waals surface area contributed by atoms with Crippen LogP contribution in [-0.4, -0.2) is 19.1 Å². The zero-order chi connectivity index (χ0) is 10.7. The number of benzene rings is 1. The van der Waals surface area contributed by atoms with Gasteiger partial charge < -0.3 is 15.8 Å². The number of para-hydroxylation sites is 1. The van der Waals surface area contributed by atoms with E-state index in [1.165, 1.54) is 0 Å². The number of carbonyl (C=O) groups excluding carboxylic acids is 1. The third-order valence-electron chi connectivity index (χ3n) is 2.48. The Morgan fingerprint density at radius 1 is 1.53 bits per heavy atom. The summed E-state index contributed by atoms with van der Waals surface area (Å²) >= 11 is 0. The lowest BCUT2D eigenvalue weighted by molar-refractivity contribution is -0.117. The number of hydrogen-bond donors (Lipinski definition) is 2. The molecular weight excluding hydrogens is 192 g/mol. The number of primary amides is 1. The molecule has 1 aromatic rings. The van der Waals surface area contributed by atoms with Gasteiger partial charge in [-0.2, -0.15) is 0 Å². The third-order valence-corrected chi connectivity index (χ3v) is 2.48. The fraction of sp³-hybridized carbons (Fsp3) is 0.364. The first-order valence-electron chi connectivity index (χ1n) is 5.01. The molecule has 1 amide bonds. The Balaban J connectivity index is 2.11. The number of fused-ring (bicyclic) bond motifs is 1. The maximum Gasteiger partial charge on any atom is 0.231 e. The van der Waals surface area contributed by atoms with Crippen LogP contribution >= 0.6 is 0 Å². The molecule has 0 saturated carbocycles. The van der Waals surface area contributed by atoms with Crippen LogP contribution in [-0.2, 0) is 4.79 Å².